The standard InChI is InChI=1S/C20H15NO2S2/c1-14-8-10-15(11-9-14)25(22,23)19-13-21-17-6-3-2-5-16(17)20(19)18-7-4-12-24-18/h2-13H,1H3. The number of para-hydroxylation sites is 1. The van der Waals surface area contributed by atoms with Crippen molar-refractivity contribution < 1.29 is 8.42 Å². The Hall–Kier alpha value is -2.50. The van der Waals surface area contributed by atoms with E-state index < -0.39 is 9.84 Å². The van der Waals surface area contributed by atoms with Gasteiger partial charge in [-0.3, -0.25) is 4.98 Å². The van der Waals surface area contributed by atoms with Crippen molar-refractivity contribution in [1.29, 1.82) is 0 Å². The highest BCUT2D eigenvalue weighted by Gasteiger charge is 2.24. The predicted molar refractivity (Wildman–Crippen MR) is 102 cm³/mol. The number of nitrogens with zero attached hydrogens (tertiary/aromatic N) is 1. The average Bonchev–Trinajstić information content (AvgIpc) is 3.15. The van der Waals surface area contributed by atoms with Gasteiger partial charge < -0.3 is 0 Å². The number of fused-ring (bicyclic) bond motifs is 1. The minimum Gasteiger partial charge on any atom is -0.255 e. The summed E-state index contributed by atoms with van der Waals surface area (Å²) in [6.07, 6.45) is 1.48. The van der Waals surface area contributed by atoms with Gasteiger partial charge in [-0.15, -0.1) is 11.3 Å². The molecule has 0 radical (unpaired) electrons. The van der Waals surface area contributed by atoms with Gasteiger partial charge in [0.1, 0.15) is 0 Å². The molecule has 0 bridgehead atoms. The lowest BCUT2D eigenvalue weighted by atomic mass is 10.1. The van der Waals surface area contributed by atoms with Crippen LogP contribution in [0, 0.1) is 6.92 Å². The Morgan fingerprint density at radius 1 is 0.920 bits per heavy atom. The zero-order valence-electron chi connectivity index (χ0n) is 13.5. The van der Waals surface area contributed by atoms with E-state index in [4.69, 9.17) is 0 Å². The summed E-state index contributed by atoms with van der Waals surface area (Å²) in [6.45, 7) is 1.94. The van der Waals surface area contributed by atoms with Crippen molar-refractivity contribution in [1.82, 2.24) is 4.98 Å². The van der Waals surface area contributed by atoms with Crippen LogP contribution < -0.4 is 0 Å². The first-order valence-electron chi connectivity index (χ1n) is 7.81. The van der Waals surface area contributed by atoms with Crippen LogP contribution in [-0.4, -0.2) is 13.4 Å². The van der Waals surface area contributed by atoms with E-state index in [2.05, 4.69) is 4.98 Å². The Bertz CT molecular complexity index is 1150. The lowest BCUT2D eigenvalue weighted by molar-refractivity contribution is 0.596. The summed E-state index contributed by atoms with van der Waals surface area (Å²) in [5.41, 5.74) is 2.53. The fourth-order valence-electron chi connectivity index (χ4n) is 2.85. The Labute approximate surface area is 150 Å². The number of aryl methyl sites for hydroxylation is 1. The van der Waals surface area contributed by atoms with E-state index in [1.165, 1.54) is 17.5 Å². The SMILES string of the molecule is Cc1ccc(S(=O)(=O)c2cnc3ccccc3c2-c2cccs2)cc1. The monoisotopic (exact) mass is 365 g/mol. The Morgan fingerprint density at radius 2 is 1.68 bits per heavy atom. The molecule has 4 aromatic rings. The summed E-state index contributed by atoms with van der Waals surface area (Å²) >= 11 is 1.53. The smallest absolute Gasteiger partial charge is 0.208 e. The summed E-state index contributed by atoms with van der Waals surface area (Å²) in [5.74, 6) is 0. The number of hydrogen-bond donors (Lipinski definition) is 0. The van der Waals surface area contributed by atoms with Gasteiger partial charge >= 0.3 is 0 Å². The third-order valence-corrected chi connectivity index (χ3v) is 6.80. The molecule has 4 rings (SSSR count). The van der Waals surface area contributed by atoms with Crippen LogP contribution >= 0.6 is 11.3 Å². The van der Waals surface area contributed by atoms with E-state index in [1.54, 1.807) is 12.1 Å². The Kier molecular flexibility index (Phi) is 3.90. The van der Waals surface area contributed by atoms with Gasteiger partial charge in [-0.25, -0.2) is 8.42 Å². The van der Waals surface area contributed by atoms with Gasteiger partial charge in [0.2, 0.25) is 9.84 Å². The normalized spacial score (nSPS) is 11.7. The first-order chi connectivity index (χ1) is 12.1. The van der Waals surface area contributed by atoms with E-state index in [0.29, 0.717) is 0 Å². The van der Waals surface area contributed by atoms with Gasteiger partial charge in [0.15, 0.2) is 0 Å². The van der Waals surface area contributed by atoms with Gasteiger partial charge in [-0.2, -0.15) is 0 Å². The van der Waals surface area contributed by atoms with Gasteiger partial charge in [0.25, 0.3) is 0 Å². The minimum absolute atomic E-state index is 0.248. The van der Waals surface area contributed by atoms with Crippen LogP contribution in [0.4, 0.5) is 0 Å². The summed E-state index contributed by atoms with van der Waals surface area (Å²) in [7, 11) is -3.66. The van der Waals surface area contributed by atoms with Crippen LogP contribution in [0.5, 0.6) is 0 Å². The number of pyridine rings is 1. The molecule has 2 aromatic carbocycles. The minimum atomic E-state index is -3.66. The molecule has 0 aliphatic rings. The fourth-order valence-corrected chi connectivity index (χ4v) is 5.14. The van der Waals surface area contributed by atoms with E-state index in [-0.39, 0.29) is 9.79 Å². The van der Waals surface area contributed by atoms with Crippen molar-refractivity contribution >= 4 is 32.1 Å². The van der Waals surface area contributed by atoms with E-state index in [0.717, 1.165) is 26.9 Å². The fraction of sp³-hybridized carbons (Fsp3) is 0.0500. The second-order valence-corrected chi connectivity index (χ2v) is 8.67. The number of aromatic nitrogens is 1. The van der Waals surface area contributed by atoms with Gasteiger partial charge in [-0.1, -0.05) is 42.0 Å². The number of thiophene rings is 1. The zero-order chi connectivity index (χ0) is 17.4. The second-order valence-electron chi connectivity index (χ2n) is 5.81. The third-order valence-electron chi connectivity index (χ3n) is 4.13. The molecule has 124 valence electrons. The van der Waals surface area contributed by atoms with Crippen molar-refractivity contribution in [2.75, 3.05) is 0 Å². The Balaban J connectivity index is 2.05. The molecule has 5 heteroatoms. The van der Waals surface area contributed by atoms with Crippen LogP contribution in [0.15, 0.2) is 82.0 Å². The number of hydrogen-bond acceptors (Lipinski definition) is 4. The second kappa shape index (κ2) is 6.10. The van der Waals surface area contributed by atoms with Crippen molar-refractivity contribution in [2.24, 2.45) is 0 Å². The van der Waals surface area contributed by atoms with Crippen LogP contribution in [0.1, 0.15) is 5.56 Å². The molecule has 0 N–H and O–H groups in total. The maximum atomic E-state index is 13.3. The van der Waals surface area contributed by atoms with Gasteiger partial charge in [-0.05, 0) is 36.6 Å². The van der Waals surface area contributed by atoms with E-state index in [1.807, 2.05) is 60.8 Å². The summed E-state index contributed by atoms with van der Waals surface area (Å²) < 4.78 is 26.5. The lowest BCUT2D eigenvalue weighted by Crippen LogP contribution is -2.05. The predicted octanol–water partition coefficient (Wildman–Crippen LogP) is 5.10. The van der Waals surface area contributed by atoms with Gasteiger partial charge in [0.05, 0.1) is 15.3 Å². The summed E-state index contributed by atoms with van der Waals surface area (Å²) in [5, 5.41) is 2.80. The number of benzene rings is 2. The molecule has 0 atom stereocenters. The molecular weight excluding hydrogens is 350 g/mol. The van der Waals surface area contributed by atoms with Crippen molar-refractivity contribution in [3.63, 3.8) is 0 Å². The zero-order valence-corrected chi connectivity index (χ0v) is 15.1. The van der Waals surface area contributed by atoms with Crippen molar-refractivity contribution in [3.05, 3.63) is 77.8 Å². The highest BCUT2D eigenvalue weighted by molar-refractivity contribution is 7.91. The van der Waals surface area contributed by atoms with E-state index in [9.17, 15) is 8.42 Å². The molecule has 0 fully saturated rings. The lowest BCUT2D eigenvalue weighted by Gasteiger charge is -2.12. The first kappa shape index (κ1) is 16.0. The summed E-state index contributed by atoms with van der Waals surface area (Å²) in [4.78, 5) is 5.84. The van der Waals surface area contributed by atoms with Crippen LogP contribution in [-0.2, 0) is 9.84 Å². The molecular formula is C20H15NO2S2. The number of sulfone groups is 1. The molecule has 2 aromatic heterocycles. The molecule has 25 heavy (non-hydrogen) atoms. The molecule has 0 saturated carbocycles. The maximum Gasteiger partial charge on any atom is 0.208 e. The highest BCUT2D eigenvalue weighted by atomic mass is 32.2. The third kappa shape index (κ3) is 2.75. The van der Waals surface area contributed by atoms with Gasteiger partial charge in [0, 0.05) is 22.0 Å². The Morgan fingerprint density at radius 3 is 2.40 bits per heavy atom. The van der Waals surface area contributed by atoms with Crippen molar-refractivity contribution in [3.8, 4) is 10.4 Å². The first-order valence-corrected chi connectivity index (χ1v) is 10.2. The molecule has 0 saturated heterocycles. The molecule has 2 heterocycles. The highest BCUT2D eigenvalue weighted by Crippen LogP contribution is 2.38. The summed E-state index contributed by atoms with van der Waals surface area (Å²) in [6, 6.07) is 18.4. The molecule has 3 nitrogen and oxygen atoms in total. The molecule has 0 unspecified atom stereocenters. The molecule has 0 amide bonds. The molecule has 0 spiro atoms. The van der Waals surface area contributed by atoms with Crippen molar-refractivity contribution in [2.45, 2.75) is 16.7 Å². The maximum absolute atomic E-state index is 13.3. The average molecular weight is 365 g/mol. The molecule has 0 aliphatic carbocycles. The quantitative estimate of drug-likeness (QED) is 0.507. The van der Waals surface area contributed by atoms with Crippen LogP contribution in [0.3, 0.4) is 0 Å². The van der Waals surface area contributed by atoms with Crippen LogP contribution in [0.25, 0.3) is 21.3 Å². The largest absolute Gasteiger partial charge is 0.255 e. The number of rotatable bonds is 3. The topological polar surface area (TPSA) is 47.0 Å². The molecule has 0 aliphatic heterocycles. The van der Waals surface area contributed by atoms with Crippen LogP contribution in [0.2, 0.25) is 0 Å². The van der Waals surface area contributed by atoms with E-state index >= 15 is 0 Å².